The number of nitrogens with zero attached hydrogens (tertiary/aromatic N) is 5. The van der Waals surface area contributed by atoms with Crippen LogP contribution < -0.4 is 21.3 Å². The molecule has 4 rings (SSSR count). The molecule has 0 amide bonds. The number of pyridine rings is 1. The Labute approximate surface area is 159 Å². The highest BCUT2D eigenvalue weighted by Gasteiger charge is 2.28. The lowest BCUT2D eigenvalue weighted by Crippen LogP contribution is -2.48. The van der Waals surface area contributed by atoms with Gasteiger partial charge in [0, 0.05) is 31.4 Å². The van der Waals surface area contributed by atoms with Gasteiger partial charge in [0.15, 0.2) is 11.7 Å². The monoisotopic (exact) mass is 366 g/mol. The van der Waals surface area contributed by atoms with Gasteiger partial charge in [-0.15, -0.1) is 0 Å². The van der Waals surface area contributed by atoms with E-state index in [-0.39, 0.29) is 17.2 Å². The van der Waals surface area contributed by atoms with Gasteiger partial charge >= 0.3 is 0 Å². The number of nitrogen functional groups attached to an aromatic ring is 1. The topological polar surface area (TPSA) is 121 Å². The number of fused-ring (bicyclic) bond motifs is 1. The van der Waals surface area contributed by atoms with Gasteiger partial charge in [-0.05, 0) is 44.2 Å². The van der Waals surface area contributed by atoms with Crippen LogP contribution in [0.5, 0.6) is 0 Å². The van der Waals surface area contributed by atoms with Gasteiger partial charge < -0.3 is 21.3 Å². The first-order valence-corrected chi connectivity index (χ1v) is 9.40. The van der Waals surface area contributed by atoms with Gasteiger partial charge in [0.2, 0.25) is 0 Å². The van der Waals surface area contributed by atoms with Crippen LogP contribution in [0.1, 0.15) is 37.4 Å². The lowest BCUT2D eigenvalue weighted by molar-refractivity contribution is 0.363. The summed E-state index contributed by atoms with van der Waals surface area (Å²) in [7, 11) is 0. The minimum absolute atomic E-state index is 0.118. The molecule has 0 aromatic carbocycles. The highest BCUT2D eigenvalue weighted by Crippen LogP contribution is 2.28. The summed E-state index contributed by atoms with van der Waals surface area (Å²) in [4.78, 5) is 17.3. The lowest BCUT2D eigenvalue weighted by atomic mass is 9.91. The van der Waals surface area contributed by atoms with E-state index in [9.17, 15) is 0 Å². The molecule has 8 nitrogen and oxygen atoms in total. The minimum atomic E-state index is -0.118. The number of amidine groups is 1. The van der Waals surface area contributed by atoms with E-state index in [0.717, 1.165) is 56.8 Å². The van der Waals surface area contributed by atoms with Crippen LogP contribution in [0.4, 0.5) is 17.3 Å². The van der Waals surface area contributed by atoms with Gasteiger partial charge in [0.1, 0.15) is 11.5 Å². The first-order valence-electron chi connectivity index (χ1n) is 9.40. The molecule has 2 aliphatic heterocycles. The molecule has 0 saturated carbocycles. The number of piperidine rings is 1. The van der Waals surface area contributed by atoms with E-state index in [1.165, 1.54) is 5.56 Å². The van der Waals surface area contributed by atoms with Crippen molar-refractivity contribution in [1.82, 2.24) is 15.0 Å². The number of nitrogens with one attached hydrogen (secondary N) is 1. The predicted octanol–water partition coefficient (Wildman–Crippen LogP) is 1.55. The van der Waals surface area contributed by atoms with Crippen LogP contribution in [-0.2, 0) is 6.42 Å². The summed E-state index contributed by atoms with van der Waals surface area (Å²) in [5, 5.41) is 8.65. The largest absolute Gasteiger partial charge is 0.382 e. The molecule has 0 radical (unpaired) electrons. The Hall–Kier alpha value is -2.74. The first-order chi connectivity index (χ1) is 12.9. The van der Waals surface area contributed by atoms with E-state index in [1.54, 1.807) is 18.6 Å². The van der Waals surface area contributed by atoms with E-state index >= 15 is 0 Å². The van der Waals surface area contributed by atoms with Crippen LogP contribution in [-0.4, -0.2) is 46.0 Å². The van der Waals surface area contributed by atoms with Gasteiger partial charge in [-0.3, -0.25) is 10.4 Å². The molecule has 1 fully saturated rings. The third kappa shape index (κ3) is 3.44. The van der Waals surface area contributed by atoms with Crippen molar-refractivity contribution < 1.29 is 0 Å². The molecule has 27 heavy (non-hydrogen) atoms. The maximum atomic E-state index is 8.65. The Bertz CT molecular complexity index is 853. The Balaban J connectivity index is 1.56. The van der Waals surface area contributed by atoms with Gasteiger partial charge in [-0.1, -0.05) is 0 Å². The van der Waals surface area contributed by atoms with E-state index in [0.29, 0.717) is 5.69 Å². The van der Waals surface area contributed by atoms with Crippen LogP contribution in [0.2, 0.25) is 0 Å². The van der Waals surface area contributed by atoms with Crippen LogP contribution in [0.3, 0.4) is 0 Å². The Kier molecular flexibility index (Phi) is 4.43. The number of anilines is 3. The second kappa shape index (κ2) is 6.77. The third-order valence-electron chi connectivity index (χ3n) is 5.52. The van der Waals surface area contributed by atoms with Gasteiger partial charge in [0.05, 0.1) is 18.1 Å². The lowest BCUT2D eigenvalue weighted by Gasteiger charge is -2.37. The summed E-state index contributed by atoms with van der Waals surface area (Å²) in [6.45, 7) is 4.51. The number of hydrogen-bond acceptors (Lipinski definition) is 7. The summed E-state index contributed by atoms with van der Waals surface area (Å²) >= 11 is 0. The maximum absolute atomic E-state index is 8.65. The highest BCUT2D eigenvalue weighted by atomic mass is 15.2. The summed E-state index contributed by atoms with van der Waals surface area (Å²) in [5.41, 5.74) is 14.9. The van der Waals surface area contributed by atoms with Gasteiger partial charge in [-0.2, -0.15) is 0 Å². The molecule has 142 valence electrons. The number of aromatic nitrogens is 3. The van der Waals surface area contributed by atoms with Crippen molar-refractivity contribution >= 4 is 23.2 Å². The Morgan fingerprint density at radius 1 is 1.22 bits per heavy atom. The molecule has 2 aliphatic rings. The molecule has 2 aromatic rings. The molecule has 0 atom stereocenters. The smallest absolute Gasteiger partial charge is 0.155 e. The fourth-order valence-corrected chi connectivity index (χ4v) is 3.75. The molecule has 5 N–H and O–H groups in total. The zero-order valence-corrected chi connectivity index (χ0v) is 15.6. The van der Waals surface area contributed by atoms with Crippen molar-refractivity contribution in [2.45, 2.75) is 38.1 Å². The fourth-order valence-electron chi connectivity index (χ4n) is 3.75. The van der Waals surface area contributed by atoms with Crippen LogP contribution in [0.25, 0.3) is 0 Å². The molecular weight excluding hydrogens is 340 g/mol. The number of hydrogen-bond donors (Lipinski definition) is 3. The van der Waals surface area contributed by atoms with E-state index in [4.69, 9.17) is 16.9 Å². The predicted molar refractivity (Wildman–Crippen MR) is 107 cm³/mol. The zero-order valence-electron chi connectivity index (χ0n) is 15.6. The standard InChI is InChI=1S/C19H26N8/c1-19(22)5-9-26(10-6-19)15-12-24-16(17(20)25-15)18(21)27-8-2-3-13-4-7-23-11-14(13)27/h4,7,11-12,21H,2-3,5-6,8-10,22H2,1H3,(H2,20,25). The summed E-state index contributed by atoms with van der Waals surface area (Å²) in [5.74, 6) is 1.31. The van der Waals surface area contributed by atoms with Crippen molar-refractivity contribution in [3.8, 4) is 0 Å². The summed E-state index contributed by atoms with van der Waals surface area (Å²) in [6, 6.07) is 2.01. The van der Waals surface area contributed by atoms with Crippen molar-refractivity contribution in [2.24, 2.45) is 5.73 Å². The first kappa shape index (κ1) is 17.7. The average Bonchev–Trinajstić information content (AvgIpc) is 2.67. The molecule has 0 bridgehead atoms. The number of rotatable bonds is 2. The molecule has 0 aliphatic carbocycles. The Morgan fingerprint density at radius 3 is 2.74 bits per heavy atom. The average molecular weight is 366 g/mol. The van der Waals surface area contributed by atoms with E-state index < -0.39 is 0 Å². The molecule has 1 saturated heterocycles. The zero-order chi connectivity index (χ0) is 19.0. The Morgan fingerprint density at radius 2 is 2.00 bits per heavy atom. The summed E-state index contributed by atoms with van der Waals surface area (Å²) in [6.07, 6.45) is 9.10. The van der Waals surface area contributed by atoms with Gasteiger partial charge in [0.25, 0.3) is 0 Å². The second-order valence-corrected chi connectivity index (χ2v) is 7.71. The second-order valence-electron chi connectivity index (χ2n) is 7.71. The normalized spacial score (nSPS) is 18.9. The van der Waals surface area contributed by atoms with Gasteiger partial charge in [-0.25, -0.2) is 9.97 Å². The third-order valence-corrected chi connectivity index (χ3v) is 5.52. The number of aryl methyl sites for hydroxylation is 1. The minimum Gasteiger partial charge on any atom is -0.382 e. The molecule has 0 spiro atoms. The van der Waals surface area contributed by atoms with Crippen molar-refractivity contribution in [3.63, 3.8) is 0 Å². The number of nitrogens with two attached hydrogens (primary N) is 2. The maximum Gasteiger partial charge on any atom is 0.155 e. The van der Waals surface area contributed by atoms with E-state index in [2.05, 4.69) is 26.8 Å². The SMILES string of the molecule is CC1(N)CCN(c2cnc(C(=N)N3CCCc4ccncc43)c(N)n2)CC1. The van der Waals surface area contributed by atoms with Crippen LogP contribution in [0.15, 0.2) is 24.7 Å². The van der Waals surface area contributed by atoms with E-state index in [1.807, 2.05) is 11.0 Å². The molecule has 4 heterocycles. The van der Waals surface area contributed by atoms with Crippen molar-refractivity contribution in [1.29, 1.82) is 5.41 Å². The van der Waals surface area contributed by atoms with Crippen LogP contribution >= 0.6 is 0 Å². The van der Waals surface area contributed by atoms with Crippen molar-refractivity contribution in [3.05, 3.63) is 35.9 Å². The molecule has 8 heteroatoms. The van der Waals surface area contributed by atoms with Crippen LogP contribution in [0, 0.1) is 5.41 Å². The molecule has 2 aromatic heterocycles. The highest BCUT2D eigenvalue weighted by molar-refractivity contribution is 6.09. The molecular formula is C19H26N8. The summed E-state index contributed by atoms with van der Waals surface area (Å²) < 4.78 is 0. The molecule has 0 unspecified atom stereocenters. The van der Waals surface area contributed by atoms with Crippen molar-refractivity contribution in [2.75, 3.05) is 35.2 Å². The fraction of sp³-hybridized carbons (Fsp3) is 0.474. The quantitative estimate of drug-likeness (QED) is 0.544.